The van der Waals surface area contributed by atoms with Crippen LogP contribution in [-0.4, -0.2) is 67.4 Å². The van der Waals surface area contributed by atoms with E-state index in [0.29, 0.717) is 40.3 Å². The molecular formula is C38H59IN4O4. The molecule has 0 amide bonds. The standard InChI is InChI=1S/C19H29IN2O2.C19H30N2O2/c1-14-15(20)6-21-22(14)13-18-8-16(2)7-17(3,9-18)11-19(10-16,12-18)24-5-4-23;1-15-4-5-20-21(15)14-18-9-16(2)8-17(3,10-18)12-19(11-16,13-18)23-7-6-22/h6,23H,4-5,7-13H2,1-3H3;4-5,22H,6-14H2,1-3H3. The first-order valence-corrected chi connectivity index (χ1v) is 19.2. The van der Waals surface area contributed by atoms with E-state index in [9.17, 15) is 10.2 Å². The predicted molar refractivity (Wildman–Crippen MR) is 191 cm³/mol. The molecule has 2 heterocycles. The van der Waals surface area contributed by atoms with Crippen molar-refractivity contribution in [3.05, 3.63) is 33.4 Å². The highest BCUT2D eigenvalue weighted by molar-refractivity contribution is 14.1. The minimum absolute atomic E-state index is 0.0258. The fourth-order valence-electron chi connectivity index (χ4n) is 14.6. The molecule has 262 valence electrons. The zero-order chi connectivity index (χ0) is 33.6. The molecule has 2 aromatic rings. The molecule has 8 fully saturated rings. The van der Waals surface area contributed by atoms with Crippen molar-refractivity contribution in [1.82, 2.24) is 19.6 Å². The van der Waals surface area contributed by atoms with Gasteiger partial charge in [-0.3, -0.25) is 9.36 Å². The lowest BCUT2D eigenvalue weighted by molar-refractivity contribution is -0.250. The summed E-state index contributed by atoms with van der Waals surface area (Å²) >= 11 is 2.38. The average Bonchev–Trinajstić information content (AvgIpc) is 3.45. The molecule has 0 radical (unpaired) electrons. The van der Waals surface area contributed by atoms with Crippen molar-refractivity contribution in [2.24, 2.45) is 32.5 Å². The second-order valence-electron chi connectivity index (χ2n) is 19.2. The van der Waals surface area contributed by atoms with Crippen LogP contribution >= 0.6 is 22.6 Å². The Hall–Kier alpha value is -1.01. The highest BCUT2D eigenvalue weighted by Crippen LogP contribution is 2.73. The van der Waals surface area contributed by atoms with E-state index in [1.807, 2.05) is 12.4 Å². The molecule has 9 heteroatoms. The Bertz CT molecular complexity index is 1450. The molecule has 0 saturated heterocycles. The number of aryl methyl sites for hydroxylation is 1. The van der Waals surface area contributed by atoms with Crippen molar-refractivity contribution in [1.29, 1.82) is 0 Å². The Morgan fingerprint density at radius 1 is 0.660 bits per heavy atom. The first-order valence-electron chi connectivity index (χ1n) is 18.2. The van der Waals surface area contributed by atoms with Gasteiger partial charge in [-0.2, -0.15) is 10.2 Å². The van der Waals surface area contributed by atoms with Crippen LogP contribution in [0.5, 0.6) is 0 Å². The molecule has 4 atom stereocenters. The molecule has 0 aliphatic heterocycles. The number of rotatable bonds is 10. The van der Waals surface area contributed by atoms with E-state index >= 15 is 0 Å². The van der Waals surface area contributed by atoms with Gasteiger partial charge in [0.15, 0.2) is 0 Å². The molecule has 2 N–H and O–H groups in total. The van der Waals surface area contributed by atoms with Crippen molar-refractivity contribution in [2.45, 2.75) is 143 Å². The van der Waals surface area contributed by atoms with E-state index in [0.717, 1.165) is 51.6 Å². The van der Waals surface area contributed by atoms with E-state index < -0.39 is 0 Å². The third-order valence-corrected chi connectivity index (χ3v) is 14.3. The van der Waals surface area contributed by atoms with Crippen molar-refractivity contribution >= 4 is 22.6 Å². The summed E-state index contributed by atoms with van der Waals surface area (Å²) in [7, 11) is 0. The van der Waals surface area contributed by atoms with Gasteiger partial charge in [0.2, 0.25) is 0 Å². The van der Waals surface area contributed by atoms with Gasteiger partial charge in [-0.15, -0.1) is 0 Å². The van der Waals surface area contributed by atoms with Gasteiger partial charge in [-0.05, 0) is 152 Å². The van der Waals surface area contributed by atoms with E-state index in [4.69, 9.17) is 9.47 Å². The normalized spacial score (nSPS) is 44.2. The van der Waals surface area contributed by atoms with E-state index in [1.165, 1.54) is 53.5 Å². The van der Waals surface area contributed by atoms with Gasteiger partial charge < -0.3 is 19.7 Å². The third kappa shape index (κ3) is 6.40. The van der Waals surface area contributed by atoms with Crippen molar-refractivity contribution in [3.63, 3.8) is 0 Å². The SMILES string of the molecule is Cc1c(I)cnn1CC12CC3(C)CC(C)(C1)CC(OCCO)(C3)C2.Cc1ccnn1CC12CC3(C)CC(C)(C1)CC(OCCO)(C3)C2. The molecule has 0 spiro atoms. The summed E-state index contributed by atoms with van der Waals surface area (Å²) < 4.78 is 18.3. The predicted octanol–water partition coefficient (Wildman–Crippen LogP) is 7.24. The molecule has 8 aliphatic carbocycles. The average molecular weight is 763 g/mol. The van der Waals surface area contributed by atoms with Crippen molar-refractivity contribution < 1.29 is 19.7 Å². The number of aliphatic hydroxyl groups excluding tert-OH is 2. The third-order valence-electron chi connectivity index (χ3n) is 13.2. The fraction of sp³-hybridized carbons (Fsp3) is 0.842. The zero-order valence-electron chi connectivity index (χ0n) is 29.8. The summed E-state index contributed by atoms with van der Waals surface area (Å²) in [5.74, 6) is 0. The highest BCUT2D eigenvalue weighted by Gasteiger charge is 2.67. The van der Waals surface area contributed by atoms with E-state index in [1.54, 1.807) is 0 Å². The van der Waals surface area contributed by atoms with Crippen LogP contribution in [0.3, 0.4) is 0 Å². The van der Waals surface area contributed by atoms with E-state index in [-0.39, 0.29) is 29.8 Å². The topological polar surface area (TPSA) is 94.6 Å². The monoisotopic (exact) mass is 762 g/mol. The lowest BCUT2D eigenvalue weighted by atomic mass is 9.39. The van der Waals surface area contributed by atoms with Crippen LogP contribution in [0.15, 0.2) is 18.5 Å². The van der Waals surface area contributed by atoms with Crippen molar-refractivity contribution in [2.75, 3.05) is 26.4 Å². The van der Waals surface area contributed by atoms with Crippen LogP contribution in [0.1, 0.15) is 116 Å². The van der Waals surface area contributed by atoms with Crippen LogP contribution < -0.4 is 0 Å². The van der Waals surface area contributed by atoms with Crippen molar-refractivity contribution in [3.8, 4) is 0 Å². The maximum absolute atomic E-state index is 9.29. The number of ether oxygens (including phenoxy) is 2. The largest absolute Gasteiger partial charge is 0.394 e. The molecule has 2 aromatic heterocycles. The Morgan fingerprint density at radius 2 is 1.11 bits per heavy atom. The molecule has 8 bridgehead atoms. The van der Waals surface area contributed by atoms with Gasteiger partial charge in [-0.25, -0.2) is 0 Å². The lowest BCUT2D eigenvalue weighted by Crippen LogP contribution is -2.64. The summed E-state index contributed by atoms with van der Waals surface area (Å²) in [5.41, 5.74) is 4.55. The van der Waals surface area contributed by atoms with Crippen LogP contribution in [0.25, 0.3) is 0 Å². The number of hydrogen-bond acceptors (Lipinski definition) is 6. The zero-order valence-corrected chi connectivity index (χ0v) is 32.0. The molecule has 8 saturated carbocycles. The second-order valence-corrected chi connectivity index (χ2v) is 20.4. The van der Waals surface area contributed by atoms with Crippen LogP contribution in [-0.2, 0) is 22.6 Å². The molecule has 8 nitrogen and oxygen atoms in total. The van der Waals surface area contributed by atoms with Gasteiger partial charge in [-0.1, -0.05) is 27.7 Å². The smallest absolute Gasteiger partial charge is 0.0705 e. The van der Waals surface area contributed by atoms with Gasteiger partial charge in [0, 0.05) is 30.7 Å². The Morgan fingerprint density at radius 3 is 1.47 bits per heavy atom. The van der Waals surface area contributed by atoms with Gasteiger partial charge >= 0.3 is 0 Å². The number of aromatic nitrogens is 4. The summed E-state index contributed by atoms with van der Waals surface area (Å²) in [6, 6.07) is 2.10. The minimum atomic E-state index is -0.0325. The van der Waals surface area contributed by atoms with Gasteiger partial charge in [0.25, 0.3) is 0 Å². The molecule has 10 rings (SSSR count). The first-order chi connectivity index (χ1) is 22.0. The summed E-state index contributed by atoms with van der Waals surface area (Å²) in [4.78, 5) is 0. The molecule has 8 aliphatic rings. The molecule has 0 aromatic carbocycles. The summed E-state index contributed by atoms with van der Waals surface area (Å²) in [6.07, 6.45) is 18.6. The Kier molecular flexibility index (Phi) is 8.43. The first kappa shape index (κ1) is 34.4. The number of halogens is 1. The number of nitrogens with zero attached hydrogens (tertiary/aromatic N) is 4. The van der Waals surface area contributed by atoms with Gasteiger partial charge in [0.1, 0.15) is 0 Å². The molecular weight excluding hydrogens is 703 g/mol. The highest BCUT2D eigenvalue weighted by atomic mass is 127. The maximum Gasteiger partial charge on any atom is 0.0705 e. The quantitative estimate of drug-likeness (QED) is 0.248. The maximum atomic E-state index is 9.29. The summed E-state index contributed by atoms with van der Waals surface area (Å²) in [5, 5.41) is 27.8. The molecule has 47 heavy (non-hydrogen) atoms. The fourth-order valence-corrected chi connectivity index (χ4v) is 15.0. The minimum Gasteiger partial charge on any atom is -0.394 e. The van der Waals surface area contributed by atoms with Crippen LogP contribution in [0.2, 0.25) is 0 Å². The lowest BCUT2D eigenvalue weighted by Gasteiger charge is -2.69. The number of hydrogen-bond donors (Lipinski definition) is 2. The molecule has 4 unspecified atom stereocenters. The summed E-state index contributed by atoms with van der Waals surface area (Å²) in [6.45, 7) is 17.4. The van der Waals surface area contributed by atoms with Gasteiger partial charge in [0.05, 0.1) is 47.4 Å². The number of aliphatic hydroxyl groups is 2. The Balaban J connectivity index is 0.000000150. The van der Waals surface area contributed by atoms with E-state index in [2.05, 4.69) is 89.8 Å². The van der Waals surface area contributed by atoms with Crippen LogP contribution in [0, 0.1) is 49.9 Å². The second kappa shape index (κ2) is 11.5. The van der Waals surface area contributed by atoms with Crippen LogP contribution in [0.4, 0.5) is 0 Å². The Labute approximate surface area is 295 Å².